The molecule has 0 radical (unpaired) electrons. The van der Waals surface area contributed by atoms with Gasteiger partial charge in [0.05, 0.1) is 22.5 Å². The number of Topliss-reactive ketones (excluding diaryl/α,β-unsaturated/α-hetero) is 1. The summed E-state index contributed by atoms with van der Waals surface area (Å²) in [7, 11) is 0.716. The quantitative estimate of drug-likeness (QED) is 0.624. The molecule has 8 heteroatoms. The number of benzene rings is 2. The van der Waals surface area contributed by atoms with Crippen LogP contribution in [0.3, 0.4) is 0 Å². The lowest BCUT2D eigenvalue weighted by atomic mass is 10.1. The van der Waals surface area contributed by atoms with Gasteiger partial charge in [0.25, 0.3) is 0 Å². The summed E-state index contributed by atoms with van der Waals surface area (Å²) < 4.78 is 29.6. The lowest BCUT2D eigenvalue weighted by Gasteiger charge is -2.17. The Morgan fingerprint density at radius 2 is 1.59 bits per heavy atom. The highest BCUT2D eigenvalue weighted by Gasteiger charge is 2.24. The number of hydrogen-bond acceptors (Lipinski definition) is 4. The molecule has 0 aliphatic carbocycles. The van der Waals surface area contributed by atoms with Gasteiger partial charge in [-0.3, -0.25) is 13.9 Å². The van der Waals surface area contributed by atoms with E-state index in [9.17, 15) is 18.0 Å². The minimum atomic E-state index is -3.87. The molecule has 0 spiro atoms. The summed E-state index contributed by atoms with van der Waals surface area (Å²) >= 11 is 0. The van der Waals surface area contributed by atoms with E-state index < -0.39 is 10.0 Å². The summed E-state index contributed by atoms with van der Waals surface area (Å²) in [5, 5.41) is 0. The van der Waals surface area contributed by atoms with Gasteiger partial charge in [-0.05, 0) is 25.1 Å². The highest BCUT2D eigenvalue weighted by Crippen LogP contribution is 2.20. The molecule has 0 fully saturated rings. The molecule has 0 atom stereocenters. The first-order valence-electron chi connectivity index (χ1n) is 8.34. The second-order valence-electron chi connectivity index (χ2n) is 6.60. The zero-order valence-electron chi connectivity index (χ0n) is 15.6. The average molecular weight is 387 g/mol. The number of carbonyl (C=O) groups is 1. The maximum atomic E-state index is 12.9. The van der Waals surface area contributed by atoms with Crippen LogP contribution in [0.4, 0.5) is 0 Å². The molecule has 0 aliphatic heterocycles. The van der Waals surface area contributed by atoms with Gasteiger partial charge in [-0.15, -0.1) is 0 Å². The fourth-order valence-corrected chi connectivity index (χ4v) is 4.09. The Morgan fingerprint density at radius 3 is 2.22 bits per heavy atom. The first-order valence-corrected chi connectivity index (χ1v) is 9.78. The third-order valence-electron chi connectivity index (χ3n) is 4.69. The molecule has 2 aromatic carbocycles. The van der Waals surface area contributed by atoms with E-state index in [0.29, 0.717) is 16.6 Å². The van der Waals surface area contributed by atoms with Crippen molar-refractivity contribution in [1.82, 2.24) is 13.4 Å². The van der Waals surface area contributed by atoms with E-state index in [1.54, 1.807) is 32.3 Å². The van der Waals surface area contributed by atoms with Gasteiger partial charge >= 0.3 is 5.69 Å². The Balaban J connectivity index is 1.92. The third-order valence-corrected chi connectivity index (χ3v) is 6.49. The lowest BCUT2D eigenvalue weighted by molar-refractivity contribution is 0.0973. The van der Waals surface area contributed by atoms with Gasteiger partial charge in [0.15, 0.2) is 5.78 Å². The second-order valence-corrected chi connectivity index (χ2v) is 8.65. The number of hydrogen-bond donors (Lipinski definition) is 0. The molecule has 0 amide bonds. The number of imidazole rings is 1. The number of rotatable bonds is 5. The van der Waals surface area contributed by atoms with Crippen molar-refractivity contribution in [3.8, 4) is 0 Å². The van der Waals surface area contributed by atoms with Gasteiger partial charge in [-0.1, -0.05) is 29.8 Å². The summed E-state index contributed by atoms with van der Waals surface area (Å²) in [6, 6.07) is 11.5. The first kappa shape index (κ1) is 19.1. The maximum absolute atomic E-state index is 12.9. The van der Waals surface area contributed by atoms with Crippen LogP contribution in [0.25, 0.3) is 11.0 Å². The number of nitrogens with zero attached hydrogens (tertiary/aromatic N) is 3. The zero-order chi connectivity index (χ0) is 19.9. The molecule has 0 saturated heterocycles. The van der Waals surface area contributed by atoms with Crippen molar-refractivity contribution in [2.24, 2.45) is 14.1 Å². The highest BCUT2D eigenvalue weighted by molar-refractivity contribution is 7.89. The van der Waals surface area contributed by atoms with E-state index in [0.717, 1.165) is 9.87 Å². The number of carbonyl (C=O) groups excluding carboxylic acids is 1. The second kappa shape index (κ2) is 6.79. The summed E-state index contributed by atoms with van der Waals surface area (Å²) in [6.07, 6.45) is 0. The Hall–Kier alpha value is -2.71. The van der Waals surface area contributed by atoms with Gasteiger partial charge in [-0.2, -0.15) is 4.31 Å². The van der Waals surface area contributed by atoms with Crippen molar-refractivity contribution < 1.29 is 13.2 Å². The van der Waals surface area contributed by atoms with Crippen LogP contribution in [0.2, 0.25) is 0 Å². The molecule has 27 heavy (non-hydrogen) atoms. The number of likely N-dealkylation sites (N-methyl/N-ethyl adjacent to an activating group) is 1. The minimum Gasteiger partial charge on any atom is -0.295 e. The van der Waals surface area contributed by atoms with E-state index in [2.05, 4.69) is 0 Å². The average Bonchev–Trinajstić information content (AvgIpc) is 2.86. The molecule has 0 aliphatic rings. The Labute approximate surface area is 157 Å². The predicted molar refractivity (Wildman–Crippen MR) is 103 cm³/mol. The molecule has 1 heterocycles. The molecule has 1 aromatic heterocycles. The van der Waals surface area contributed by atoms with Crippen LogP contribution in [-0.4, -0.2) is 41.2 Å². The maximum Gasteiger partial charge on any atom is 0.328 e. The fraction of sp³-hybridized carbons (Fsp3) is 0.263. The molecule has 0 bridgehead atoms. The van der Waals surface area contributed by atoms with Gasteiger partial charge < -0.3 is 0 Å². The molecular formula is C19H21N3O4S. The largest absolute Gasteiger partial charge is 0.328 e. The number of aryl methyl sites for hydroxylation is 3. The normalized spacial score (nSPS) is 12.0. The van der Waals surface area contributed by atoms with E-state index >= 15 is 0 Å². The van der Waals surface area contributed by atoms with Gasteiger partial charge in [0, 0.05) is 26.7 Å². The van der Waals surface area contributed by atoms with E-state index in [1.807, 2.05) is 19.1 Å². The summed E-state index contributed by atoms with van der Waals surface area (Å²) in [5.41, 5.74) is 2.40. The monoisotopic (exact) mass is 387 g/mol. The molecule has 0 saturated carbocycles. The Bertz CT molecular complexity index is 1190. The molecule has 0 unspecified atom stereocenters. The Kier molecular flexibility index (Phi) is 4.79. The number of ketones is 1. The fourth-order valence-electron chi connectivity index (χ4n) is 2.94. The van der Waals surface area contributed by atoms with Crippen LogP contribution in [-0.2, 0) is 24.1 Å². The van der Waals surface area contributed by atoms with Gasteiger partial charge in [0.2, 0.25) is 10.0 Å². The summed E-state index contributed by atoms with van der Waals surface area (Å²) in [6.45, 7) is 1.65. The van der Waals surface area contributed by atoms with Crippen molar-refractivity contribution in [2.75, 3.05) is 13.6 Å². The van der Waals surface area contributed by atoms with Crippen LogP contribution < -0.4 is 5.69 Å². The van der Waals surface area contributed by atoms with Crippen molar-refractivity contribution in [1.29, 1.82) is 0 Å². The summed E-state index contributed by atoms with van der Waals surface area (Å²) in [4.78, 5) is 24.5. The molecule has 3 rings (SSSR count). The highest BCUT2D eigenvalue weighted by atomic mass is 32.2. The number of aromatic nitrogens is 2. The van der Waals surface area contributed by atoms with Crippen LogP contribution in [0.1, 0.15) is 15.9 Å². The van der Waals surface area contributed by atoms with Crippen LogP contribution in [0.5, 0.6) is 0 Å². The number of sulfonamides is 1. The van der Waals surface area contributed by atoms with Crippen molar-refractivity contribution in [3.63, 3.8) is 0 Å². The van der Waals surface area contributed by atoms with E-state index in [1.165, 1.54) is 28.3 Å². The van der Waals surface area contributed by atoms with Crippen molar-refractivity contribution in [2.45, 2.75) is 11.8 Å². The SMILES string of the molecule is Cc1ccc(C(=O)CN(C)S(=O)(=O)c2ccc3c(c2)n(C)c(=O)n3C)cc1. The van der Waals surface area contributed by atoms with Gasteiger partial charge in [0.1, 0.15) is 0 Å². The topological polar surface area (TPSA) is 81.4 Å². The summed E-state index contributed by atoms with van der Waals surface area (Å²) in [5.74, 6) is -0.283. The minimum absolute atomic E-state index is 0.0374. The van der Waals surface area contributed by atoms with Crippen LogP contribution >= 0.6 is 0 Å². The molecule has 0 N–H and O–H groups in total. The van der Waals surface area contributed by atoms with Crippen molar-refractivity contribution >= 4 is 26.8 Å². The molecular weight excluding hydrogens is 366 g/mol. The molecule has 3 aromatic rings. The Morgan fingerprint density at radius 1 is 1.00 bits per heavy atom. The predicted octanol–water partition coefficient (Wildman–Crippen LogP) is 1.69. The van der Waals surface area contributed by atoms with E-state index in [4.69, 9.17) is 0 Å². The third kappa shape index (κ3) is 3.33. The van der Waals surface area contributed by atoms with Crippen LogP contribution in [0, 0.1) is 6.92 Å². The van der Waals surface area contributed by atoms with Crippen molar-refractivity contribution in [3.05, 3.63) is 64.1 Å². The standard InChI is InChI=1S/C19H21N3O4S/c1-13-5-7-14(8-6-13)18(23)12-20(2)27(25,26)15-9-10-16-17(11-15)22(4)19(24)21(16)3/h5-11H,12H2,1-4H3. The van der Waals surface area contributed by atoms with Crippen LogP contribution in [0.15, 0.2) is 52.2 Å². The first-order chi connectivity index (χ1) is 12.6. The smallest absolute Gasteiger partial charge is 0.295 e. The zero-order valence-corrected chi connectivity index (χ0v) is 16.4. The van der Waals surface area contributed by atoms with Gasteiger partial charge in [-0.25, -0.2) is 13.2 Å². The molecule has 7 nitrogen and oxygen atoms in total. The lowest BCUT2D eigenvalue weighted by Crippen LogP contribution is -2.32. The number of fused-ring (bicyclic) bond motifs is 1. The molecule has 142 valence electrons. The van der Waals surface area contributed by atoms with E-state index in [-0.39, 0.29) is 22.9 Å².